The van der Waals surface area contributed by atoms with Crippen molar-refractivity contribution in [3.05, 3.63) is 39.0 Å². The fourth-order valence-corrected chi connectivity index (χ4v) is 2.07. The number of rotatable bonds is 4. The number of carbonyl (C=O) groups excluding carboxylic acids is 1. The number of aliphatic hydroxyl groups excluding tert-OH is 1. The highest BCUT2D eigenvalue weighted by Crippen LogP contribution is 2.21. The molecule has 0 saturated heterocycles. The maximum absolute atomic E-state index is 11.5. The Labute approximate surface area is 139 Å². The monoisotopic (exact) mass is 404 g/mol. The molecular weight excluding hydrogens is 383 g/mol. The number of benzene rings is 1. The summed E-state index contributed by atoms with van der Waals surface area (Å²) in [5.41, 5.74) is 1.48. The van der Waals surface area contributed by atoms with Gasteiger partial charge in [0.15, 0.2) is 0 Å². The van der Waals surface area contributed by atoms with Crippen LogP contribution in [0.1, 0.15) is 33.3 Å². The second-order valence-electron chi connectivity index (χ2n) is 5.73. The molecule has 1 rings (SSSR count). The molecule has 4 nitrogen and oxygen atoms in total. The van der Waals surface area contributed by atoms with Gasteiger partial charge in [0, 0.05) is 6.42 Å². The molecule has 0 heterocycles. The first kappa shape index (κ1) is 18.0. The summed E-state index contributed by atoms with van der Waals surface area (Å²) in [6.07, 6.45) is 0.0421. The summed E-state index contributed by atoms with van der Waals surface area (Å²) in [5, 5.41) is 9.09. The van der Waals surface area contributed by atoms with Gasteiger partial charge in [0.25, 0.3) is 0 Å². The maximum atomic E-state index is 11.5. The van der Waals surface area contributed by atoms with Crippen molar-refractivity contribution in [1.29, 1.82) is 0 Å². The van der Waals surface area contributed by atoms with Gasteiger partial charge in [-0.15, -0.1) is 0 Å². The van der Waals surface area contributed by atoms with Gasteiger partial charge in [0.1, 0.15) is 11.4 Å². The molecule has 1 N–H and O–H groups in total. The third kappa shape index (κ3) is 6.95. The summed E-state index contributed by atoms with van der Waals surface area (Å²) in [6, 6.07) is 7.25. The lowest BCUT2D eigenvalue weighted by atomic mass is 10.1. The van der Waals surface area contributed by atoms with Crippen molar-refractivity contribution in [3.8, 4) is 5.75 Å². The van der Waals surface area contributed by atoms with Crippen LogP contribution in [0.5, 0.6) is 5.75 Å². The minimum Gasteiger partial charge on any atom is -0.428 e. The number of aliphatic hydroxyl groups is 1. The largest absolute Gasteiger partial charge is 0.514 e. The Morgan fingerprint density at radius 1 is 1.24 bits per heavy atom. The van der Waals surface area contributed by atoms with E-state index in [1.807, 2.05) is 19.1 Å². The van der Waals surface area contributed by atoms with Gasteiger partial charge >= 0.3 is 6.16 Å². The Hall–Kier alpha value is -1.08. The average Bonchev–Trinajstić information content (AvgIpc) is 2.37. The lowest BCUT2D eigenvalue weighted by molar-refractivity contribution is 0.0206. The topological polar surface area (TPSA) is 55.8 Å². The van der Waals surface area contributed by atoms with Crippen LogP contribution in [0, 0.1) is 0 Å². The summed E-state index contributed by atoms with van der Waals surface area (Å²) in [7, 11) is 0. The second-order valence-corrected chi connectivity index (χ2v) is 7.03. The first-order valence-electron chi connectivity index (χ1n) is 6.66. The van der Waals surface area contributed by atoms with E-state index in [1.165, 1.54) is 0 Å². The zero-order chi connectivity index (χ0) is 16.0. The van der Waals surface area contributed by atoms with Crippen LogP contribution in [-0.2, 0) is 11.2 Å². The predicted molar refractivity (Wildman–Crippen MR) is 90.8 cm³/mol. The van der Waals surface area contributed by atoms with E-state index in [9.17, 15) is 4.79 Å². The maximum Gasteiger partial charge on any atom is 0.514 e. The minimum absolute atomic E-state index is 0.0676. The lowest BCUT2D eigenvalue weighted by Crippen LogP contribution is -2.25. The van der Waals surface area contributed by atoms with E-state index in [4.69, 9.17) is 14.6 Å². The summed E-state index contributed by atoms with van der Waals surface area (Å²) in [6.45, 7) is 7.33. The van der Waals surface area contributed by atoms with Gasteiger partial charge in [-0.2, -0.15) is 0 Å². The SMILES string of the molecule is C/C(CO)=C(/I)Cc1ccc(OC(=O)OC(C)(C)C)cc1. The molecule has 1 aromatic carbocycles. The number of hydrogen-bond donors (Lipinski definition) is 1. The lowest BCUT2D eigenvalue weighted by Gasteiger charge is -2.18. The zero-order valence-electron chi connectivity index (χ0n) is 12.8. The van der Waals surface area contributed by atoms with Crippen molar-refractivity contribution in [2.24, 2.45) is 0 Å². The highest BCUT2D eigenvalue weighted by molar-refractivity contribution is 14.1. The van der Waals surface area contributed by atoms with Gasteiger partial charge in [-0.05, 0) is 77.1 Å². The molecule has 0 bridgehead atoms. The molecule has 0 unspecified atom stereocenters. The van der Waals surface area contributed by atoms with Gasteiger partial charge < -0.3 is 14.6 Å². The Morgan fingerprint density at radius 3 is 2.29 bits per heavy atom. The smallest absolute Gasteiger partial charge is 0.428 e. The second kappa shape index (κ2) is 7.79. The van der Waals surface area contributed by atoms with Crippen molar-refractivity contribution in [3.63, 3.8) is 0 Å². The molecule has 116 valence electrons. The van der Waals surface area contributed by atoms with Gasteiger partial charge in [0.05, 0.1) is 6.61 Å². The summed E-state index contributed by atoms with van der Waals surface area (Å²) >= 11 is 2.23. The fourth-order valence-electron chi connectivity index (χ4n) is 1.46. The van der Waals surface area contributed by atoms with Crippen LogP contribution in [0.25, 0.3) is 0 Å². The standard InChI is InChI=1S/C16H21IO4/c1-11(10-18)14(17)9-12-5-7-13(8-6-12)20-15(19)21-16(2,3)4/h5-8,18H,9-10H2,1-4H3/b14-11-. The first-order valence-corrected chi connectivity index (χ1v) is 7.74. The average molecular weight is 404 g/mol. The molecule has 0 aromatic heterocycles. The molecule has 0 aliphatic rings. The number of carbonyl (C=O) groups is 1. The van der Waals surface area contributed by atoms with E-state index in [0.29, 0.717) is 5.75 Å². The number of allylic oxidation sites excluding steroid dienone is 1. The molecule has 0 amide bonds. The minimum atomic E-state index is -0.708. The number of halogens is 1. The number of ether oxygens (including phenoxy) is 2. The van der Waals surface area contributed by atoms with E-state index in [-0.39, 0.29) is 6.61 Å². The fraction of sp³-hybridized carbons (Fsp3) is 0.438. The van der Waals surface area contributed by atoms with Crippen LogP contribution in [-0.4, -0.2) is 23.5 Å². The molecule has 0 fully saturated rings. The molecule has 1 aromatic rings. The molecule has 5 heteroatoms. The van der Waals surface area contributed by atoms with Crippen molar-refractivity contribution in [2.75, 3.05) is 6.61 Å². The van der Waals surface area contributed by atoms with Crippen LogP contribution < -0.4 is 4.74 Å². The Bertz CT molecular complexity index is 512. The third-order valence-electron chi connectivity index (χ3n) is 2.57. The normalized spacial score (nSPS) is 12.7. The Morgan fingerprint density at radius 2 is 1.81 bits per heavy atom. The first-order chi connectivity index (χ1) is 9.71. The molecular formula is C16H21IO4. The molecule has 21 heavy (non-hydrogen) atoms. The van der Waals surface area contributed by atoms with Gasteiger partial charge in [0.2, 0.25) is 0 Å². The van der Waals surface area contributed by atoms with Gasteiger partial charge in [-0.1, -0.05) is 12.1 Å². The van der Waals surface area contributed by atoms with Crippen LogP contribution in [0.2, 0.25) is 0 Å². The molecule has 0 spiro atoms. The highest BCUT2D eigenvalue weighted by Gasteiger charge is 2.17. The van der Waals surface area contributed by atoms with Crippen molar-refractivity contribution in [2.45, 2.75) is 39.7 Å². The van der Waals surface area contributed by atoms with E-state index in [0.717, 1.165) is 21.1 Å². The predicted octanol–water partition coefficient (Wildman–Crippen LogP) is 4.24. The number of hydrogen-bond acceptors (Lipinski definition) is 4. The van der Waals surface area contributed by atoms with Crippen LogP contribution in [0.15, 0.2) is 33.4 Å². The molecule has 0 radical (unpaired) electrons. The quantitative estimate of drug-likeness (QED) is 0.463. The molecule has 0 saturated carbocycles. The van der Waals surface area contributed by atoms with Gasteiger partial charge in [-0.25, -0.2) is 4.79 Å². The van der Waals surface area contributed by atoms with Crippen LogP contribution in [0.4, 0.5) is 4.79 Å². The van der Waals surface area contributed by atoms with E-state index in [1.54, 1.807) is 32.9 Å². The van der Waals surface area contributed by atoms with Crippen molar-refractivity contribution in [1.82, 2.24) is 0 Å². The van der Waals surface area contributed by atoms with Crippen LogP contribution >= 0.6 is 22.6 Å². The van der Waals surface area contributed by atoms with Gasteiger partial charge in [-0.3, -0.25) is 0 Å². The summed E-state index contributed by atoms with van der Waals surface area (Å²) in [4.78, 5) is 11.5. The van der Waals surface area contributed by atoms with Crippen molar-refractivity contribution < 1.29 is 19.4 Å². The Balaban J connectivity index is 2.65. The molecule has 0 aliphatic carbocycles. The third-order valence-corrected chi connectivity index (χ3v) is 3.88. The van der Waals surface area contributed by atoms with E-state index in [2.05, 4.69) is 22.6 Å². The summed E-state index contributed by atoms with van der Waals surface area (Å²) < 4.78 is 11.3. The zero-order valence-corrected chi connectivity index (χ0v) is 14.9. The van der Waals surface area contributed by atoms with E-state index < -0.39 is 11.8 Å². The molecule has 0 atom stereocenters. The van der Waals surface area contributed by atoms with E-state index >= 15 is 0 Å². The summed E-state index contributed by atoms with van der Waals surface area (Å²) in [5.74, 6) is 0.450. The highest BCUT2D eigenvalue weighted by atomic mass is 127. The van der Waals surface area contributed by atoms with Crippen LogP contribution in [0.3, 0.4) is 0 Å². The molecule has 0 aliphatic heterocycles. The Kier molecular flexibility index (Phi) is 6.67. The van der Waals surface area contributed by atoms with Crippen molar-refractivity contribution >= 4 is 28.7 Å².